The molecule has 1 aliphatic heterocycles. The summed E-state index contributed by atoms with van der Waals surface area (Å²) in [6, 6.07) is 1.05. The first-order chi connectivity index (χ1) is 16.2. The normalized spacial score (nSPS) is 16.3. The number of nitrogens with zero attached hydrogens (tertiary/aromatic N) is 2. The molecule has 0 spiro atoms. The fourth-order valence-electron chi connectivity index (χ4n) is 3.51. The highest BCUT2D eigenvalue weighted by molar-refractivity contribution is 7.11. The number of nitrogens with one attached hydrogen (secondary N) is 2. The van der Waals surface area contributed by atoms with Crippen molar-refractivity contribution in [2.45, 2.75) is 38.4 Å². The van der Waals surface area contributed by atoms with Crippen LogP contribution in [0.4, 0.5) is 18.6 Å². The van der Waals surface area contributed by atoms with Crippen molar-refractivity contribution in [3.05, 3.63) is 39.9 Å². The van der Waals surface area contributed by atoms with Gasteiger partial charge in [-0.2, -0.15) is 4.37 Å². The van der Waals surface area contributed by atoms with Crippen molar-refractivity contribution in [2.75, 3.05) is 31.5 Å². The van der Waals surface area contributed by atoms with E-state index in [4.69, 9.17) is 16.3 Å². The van der Waals surface area contributed by atoms with Gasteiger partial charge in [-0.15, -0.1) is 0 Å². The maximum absolute atomic E-state index is 13.9. The van der Waals surface area contributed by atoms with Gasteiger partial charge in [-0.25, -0.2) is 18.4 Å². The lowest BCUT2D eigenvalue weighted by atomic mass is 10.1. The topological polar surface area (TPSA) is 124 Å². The van der Waals surface area contributed by atoms with Crippen LogP contribution in [0.25, 0.3) is 0 Å². The molecule has 2 aromatic rings. The number of carbonyl (C=O) groups excluding carboxylic acids is 1. The summed E-state index contributed by atoms with van der Waals surface area (Å²) in [5, 5.41) is 23.8. The zero-order valence-electron chi connectivity index (χ0n) is 18.2. The third-order valence-corrected chi connectivity index (χ3v) is 6.26. The number of halogens is 3. The summed E-state index contributed by atoms with van der Waals surface area (Å²) in [6.07, 6.45) is 3.08. The van der Waals surface area contributed by atoms with Crippen molar-refractivity contribution in [3.63, 3.8) is 0 Å². The summed E-state index contributed by atoms with van der Waals surface area (Å²) >= 11 is 6.21. The molecule has 0 radical (unpaired) electrons. The molecule has 1 atom stereocenters. The van der Waals surface area contributed by atoms with Crippen LogP contribution in [0, 0.1) is 11.6 Å². The SMILES string of the molecule is O=C(NCCCCN1CCCC(O)C1)Nc1snc(OCc2cc(F)c(Cl)cc2F)c1C(=O)O. The molecular formula is C21H25ClF2N4O5S. The largest absolute Gasteiger partial charge is 0.477 e. The van der Waals surface area contributed by atoms with Gasteiger partial charge in [0.1, 0.15) is 23.2 Å². The fraction of sp³-hybridized carbons (Fsp3) is 0.476. The maximum Gasteiger partial charge on any atom is 0.344 e. The number of rotatable bonds is 10. The monoisotopic (exact) mass is 518 g/mol. The van der Waals surface area contributed by atoms with E-state index < -0.39 is 35.8 Å². The Morgan fingerprint density at radius 3 is 2.82 bits per heavy atom. The van der Waals surface area contributed by atoms with E-state index in [1.165, 1.54) is 0 Å². The number of aliphatic hydroxyl groups is 1. The lowest BCUT2D eigenvalue weighted by molar-refractivity contribution is 0.0690. The number of carboxylic acids is 1. The Morgan fingerprint density at radius 1 is 1.29 bits per heavy atom. The number of urea groups is 1. The van der Waals surface area contributed by atoms with E-state index in [0.717, 1.165) is 44.5 Å². The number of ether oxygens (including phenoxy) is 1. The van der Waals surface area contributed by atoms with Crippen molar-refractivity contribution >= 4 is 40.1 Å². The lowest BCUT2D eigenvalue weighted by Crippen LogP contribution is -2.39. The molecule has 3 rings (SSSR count). The molecule has 0 aliphatic carbocycles. The van der Waals surface area contributed by atoms with E-state index in [2.05, 4.69) is 19.9 Å². The van der Waals surface area contributed by atoms with Crippen LogP contribution >= 0.6 is 23.1 Å². The Balaban J connectivity index is 1.48. The van der Waals surface area contributed by atoms with Crippen LogP contribution in [0.1, 0.15) is 41.6 Å². The Bertz CT molecular complexity index is 1030. The number of aromatic nitrogens is 1. The molecule has 1 aliphatic rings. The third-order valence-electron chi connectivity index (χ3n) is 5.22. The zero-order chi connectivity index (χ0) is 24.7. The first-order valence-corrected chi connectivity index (χ1v) is 11.8. The number of likely N-dealkylation sites (tertiary alicyclic amines) is 1. The summed E-state index contributed by atoms with van der Waals surface area (Å²) < 4.78 is 36.6. The minimum Gasteiger partial charge on any atom is -0.477 e. The zero-order valence-corrected chi connectivity index (χ0v) is 19.7. The molecule has 9 nitrogen and oxygen atoms in total. The summed E-state index contributed by atoms with van der Waals surface area (Å²) in [4.78, 5) is 26.0. The average Bonchev–Trinajstić information content (AvgIpc) is 3.17. The van der Waals surface area contributed by atoms with Gasteiger partial charge in [-0.1, -0.05) is 11.6 Å². The first kappa shape index (κ1) is 26.1. The molecule has 4 N–H and O–H groups in total. The van der Waals surface area contributed by atoms with E-state index in [0.29, 0.717) is 31.0 Å². The highest BCUT2D eigenvalue weighted by atomic mass is 35.5. The predicted octanol–water partition coefficient (Wildman–Crippen LogP) is 3.71. The molecule has 0 saturated carbocycles. The smallest absolute Gasteiger partial charge is 0.344 e. The molecule has 1 aromatic carbocycles. The second-order valence-electron chi connectivity index (χ2n) is 7.83. The molecule has 1 unspecified atom stereocenters. The van der Waals surface area contributed by atoms with Gasteiger partial charge in [-0.05, 0) is 62.4 Å². The molecule has 1 aromatic heterocycles. The molecule has 2 amide bonds. The predicted molar refractivity (Wildman–Crippen MR) is 123 cm³/mol. The number of benzene rings is 1. The van der Waals surface area contributed by atoms with Gasteiger partial charge in [0.15, 0.2) is 5.56 Å². The first-order valence-electron chi connectivity index (χ1n) is 10.7. The molecule has 13 heteroatoms. The van der Waals surface area contributed by atoms with Crippen LogP contribution in [0.15, 0.2) is 12.1 Å². The number of hydrogen-bond donors (Lipinski definition) is 4. The fourth-order valence-corrected chi connectivity index (χ4v) is 4.39. The Morgan fingerprint density at radius 2 is 2.09 bits per heavy atom. The van der Waals surface area contributed by atoms with Gasteiger partial charge in [0.05, 0.1) is 11.1 Å². The summed E-state index contributed by atoms with van der Waals surface area (Å²) in [7, 11) is 0. The van der Waals surface area contributed by atoms with Crippen LogP contribution in [0.2, 0.25) is 5.02 Å². The van der Waals surface area contributed by atoms with Crippen LogP contribution < -0.4 is 15.4 Å². The van der Waals surface area contributed by atoms with Crippen molar-refractivity contribution in [2.24, 2.45) is 0 Å². The second kappa shape index (κ2) is 12.2. The highest BCUT2D eigenvalue weighted by Crippen LogP contribution is 2.31. The highest BCUT2D eigenvalue weighted by Gasteiger charge is 2.24. The van der Waals surface area contributed by atoms with Gasteiger partial charge in [-0.3, -0.25) is 5.32 Å². The minimum atomic E-state index is -1.40. The number of β-amino-alcohol motifs (C(OH)–C–C–N with tert-alkyl or cyclic N) is 1. The van der Waals surface area contributed by atoms with E-state index >= 15 is 0 Å². The molecule has 186 valence electrons. The van der Waals surface area contributed by atoms with E-state index in [1.54, 1.807) is 0 Å². The van der Waals surface area contributed by atoms with E-state index in [-0.39, 0.29) is 27.6 Å². The number of piperidine rings is 1. The Kier molecular flexibility index (Phi) is 9.39. The number of carbonyl (C=O) groups is 2. The molecule has 1 fully saturated rings. The average molecular weight is 519 g/mol. The van der Waals surface area contributed by atoms with Crippen molar-refractivity contribution in [1.82, 2.24) is 14.6 Å². The van der Waals surface area contributed by atoms with Crippen molar-refractivity contribution in [1.29, 1.82) is 0 Å². The number of carboxylic acid groups (broad SMARTS) is 1. The second-order valence-corrected chi connectivity index (χ2v) is 9.01. The van der Waals surface area contributed by atoms with E-state index in [1.807, 2.05) is 0 Å². The number of aliphatic hydroxyl groups excluding tert-OH is 1. The van der Waals surface area contributed by atoms with Gasteiger partial charge < -0.3 is 25.2 Å². The van der Waals surface area contributed by atoms with Gasteiger partial charge in [0.2, 0.25) is 5.88 Å². The Labute approximate surface area is 203 Å². The number of aromatic carboxylic acids is 1. The maximum atomic E-state index is 13.9. The number of amides is 2. The van der Waals surface area contributed by atoms with E-state index in [9.17, 15) is 28.6 Å². The van der Waals surface area contributed by atoms with Crippen molar-refractivity contribution < 1.29 is 33.3 Å². The molecule has 2 heterocycles. The van der Waals surface area contributed by atoms with Gasteiger partial charge in [0.25, 0.3) is 0 Å². The lowest BCUT2D eigenvalue weighted by Gasteiger charge is -2.29. The molecule has 34 heavy (non-hydrogen) atoms. The third kappa shape index (κ3) is 7.23. The van der Waals surface area contributed by atoms with Crippen LogP contribution in [0.3, 0.4) is 0 Å². The van der Waals surface area contributed by atoms with Crippen LogP contribution in [0.5, 0.6) is 5.88 Å². The molecule has 1 saturated heterocycles. The Hall–Kier alpha value is -2.54. The standard InChI is InChI=1S/C21H25ClF2N4O5S/c22-14-9-15(23)12(8-16(14)24)11-33-18-17(20(30)31)19(34-27-18)26-21(32)25-5-1-2-6-28-7-3-4-13(29)10-28/h8-9,13,29H,1-7,10-11H2,(H,30,31)(H2,25,26,32). The summed E-state index contributed by atoms with van der Waals surface area (Å²) in [5.74, 6) is -3.38. The molecule has 0 bridgehead atoms. The number of hydrogen-bond acceptors (Lipinski definition) is 7. The minimum absolute atomic E-state index is 0.0509. The summed E-state index contributed by atoms with van der Waals surface area (Å²) in [6.45, 7) is 2.36. The molecular weight excluding hydrogens is 494 g/mol. The van der Waals surface area contributed by atoms with Gasteiger partial charge >= 0.3 is 12.0 Å². The van der Waals surface area contributed by atoms with Crippen LogP contribution in [-0.2, 0) is 6.61 Å². The van der Waals surface area contributed by atoms with Crippen molar-refractivity contribution in [3.8, 4) is 5.88 Å². The number of unbranched alkanes of at least 4 members (excludes halogenated alkanes) is 1. The number of anilines is 1. The quantitative estimate of drug-likeness (QED) is 0.279. The van der Waals surface area contributed by atoms with Gasteiger partial charge in [0, 0.05) is 18.7 Å². The summed E-state index contributed by atoms with van der Waals surface area (Å²) in [5.41, 5.74) is -0.559. The van der Waals surface area contributed by atoms with Crippen LogP contribution in [-0.4, -0.2) is 63.8 Å².